The second kappa shape index (κ2) is 4.63. The minimum atomic E-state index is -3.16. The van der Waals surface area contributed by atoms with Crippen molar-refractivity contribution >= 4 is 15.9 Å². The van der Waals surface area contributed by atoms with Crippen molar-refractivity contribution in [2.45, 2.75) is 25.5 Å². The Morgan fingerprint density at radius 2 is 1.79 bits per heavy atom. The summed E-state index contributed by atoms with van der Waals surface area (Å²) in [5.41, 5.74) is 0. The van der Waals surface area contributed by atoms with Crippen molar-refractivity contribution in [2.75, 3.05) is 19.3 Å². The lowest BCUT2D eigenvalue weighted by molar-refractivity contribution is 0.240. The molecule has 0 rings (SSSR count). The molecule has 0 aliphatic heterocycles. The zero-order valence-corrected chi connectivity index (χ0v) is 9.86. The van der Waals surface area contributed by atoms with Crippen LogP contribution in [-0.2, 0) is 9.84 Å². The van der Waals surface area contributed by atoms with Crippen LogP contribution in [0, 0.1) is 0 Å². The third-order valence-corrected chi connectivity index (χ3v) is 4.17. The minimum absolute atomic E-state index is 0.109. The van der Waals surface area contributed by atoms with Crippen LogP contribution in [0.1, 0.15) is 20.8 Å². The van der Waals surface area contributed by atoms with E-state index in [1.807, 2.05) is 0 Å². The Labute approximate surface area is 85.2 Å². The Kier molecular flexibility index (Phi) is 4.38. The third kappa shape index (κ3) is 3.95. The lowest BCUT2D eigenvalue weighted by Gasteiger charge is -2.22. The summed E-state index contributed by atoms with van der Waals surface area (Å²) in [5, 5.41) is 5.03. The van der Waals surface area contributed by atoms with E-state index in [0.717, 1.165) is 6.26 Å². The summed E-state index contributed by atoms with van der Waals surface area (Å²) in [4.78, 5) is 11.0. The molecule has 0 radical (unpaired) electrons. The van der Waals surface area contributed by atoms with Crippen molar-refractivity contribution in [2.24, 2.45) is 0 Å². The Morgan fingerprint density at radius 1 is 1.29 bits per heavy atom. The fraction of sp³-hybridized carbons (Fsp3) is 0.875. The quantitative estimate of drug-likeness (QED) is 0.710. The average Bonchev–Trinajstić information content (AvgIpc) is 1.99. The normalized spacial score (nSPS) is 12.3. The van der Waals surface area contributed by atoms with Gasteiger partial charge in [0.2, 0.25) is 0 Å². The summed E-state index contributed by atoms with van der Waals surface area (Å²) >= 11 is 0. The maximum atomic E-state index is 11.3. The molecule has 14 heavy (non-hydrogen) atoms. The average molecular weight is 222 g/mol. The fourth-order valence-electron chi connectivity index (χ4n) is 0.647. The number of hydrogen-bond donors (Lipinski definition) is 2. The van der Waals surface area contributed by atoms with Crippen LogP contribution in [0.5, 0.6) is 0 Å². The van der Waals surface area contributed by atoms with E-state index in [0.29, 0.717) is 6.54 Å². The largest absolute Gasteiger partial charge is 0.338 e. The van der Waals surface area contributed by atoms with Crippen LogP contribution in [-0.4, -0.2) is 38.5 Å². The Balaban J connectivity index is 4.20. The summed E-state index contributed by atoms with van der Waals surface area (Å²) in [6.07, 6.45) is 1.16. The van der Waals surface area contributed by atoms with Crippen molar-refractivity contribution in [3.8, 4) is 0 Å². The second-order valence-electron chi connectivity index (χ2n) is 3.74. The molecule has 0 atom stereocenters. The van der Waals surface area contributed by atoms with Crippen LogP contribution in [0.2, 0.25) is 0 Å². The number of urea groups is 1. The zero-order valence-electron chi connectivity index (χ0n) is 9.05. The first-order valence-corrected chi connectivity index (χ1v) is 6.31. The molecule has 6 heteroatoms. The van der Waals surface area contributed by atoms with Gasteiger partial charge in [0.1, 0.15) is 0 Å². The van der Waals surface area contributed by atoms with Crippen LogP contribution < -0.4 is 10.6 Å². The van der Waals surface area contributed by atoms with E-state index in [-0.39, 0.29) is 12.6 Å². The lowest BCUT2D eigenvalue weighted by Crippen LogP contribution is -2.46. The van der Waals surface area contributed by atoms with E-state index in [1.54, 1.807) is 20.8 Å². The molecule has 0 spiro atoms. The van der Waals surface area contributed by atoms with Gasteiger partial charge in [-0.2, -0.15) is 0 Å². The van der Waals surface area contributed by atoms with Gasteiger partial charge in [0.15, 0.2) is 9.84 Å². The summed E-state index contributed by atoms with van der Waals surface area (Å²) in [6, 6.07) is -0.343. The predicted octanol–water partition coefficient (Wildman–Crippen LogP) is 0.129. The molecule has 0 fully saturated rings. The topological polar surface area (TPSA) is 75.3 Å². The van der Waals surface area contributed by atoms with Gasteiger partial charge in [-0.25, -0.2) is 13.2 Å². The maximum Gasteiger partial charge on any atom is 0.314 e. The molecule has 0 aromatic rings. The standard InChI is InChI=1S/C8H18N2O3S/c1-5-9-7(11)10-6-8(2,3)14(4,12)13/h5-6H2,1-4H3,(H2,9,10,11). The highest BCUT2D eigenvalue weighted by Gasteiger charge is 2.30. The first-order chi connectivity index (χ1) is 6.20. The molecular weight excluding hydrogens is 204 g/mol. The fourth-order valence-corrected chi connectivity index (χ4v) is 0.982. The molecule has 0 saturated carbocycles. The monoisotopic (exact) mass is 222 g/mol. The number of hydrogen-bond acceptors (Lipinski definition) is 3. The van der Waals surface area contributed by atoms with Gasteiger partial charge in [-0.05, 0) is 20.8 Å². The number of carbonyl (C=O) groups excluding carboxylic acids is 1. The summed E-state index contributed by atoms with van der Waals surface area (Å²) in [5.74, 6) is 0. The van der Waals surface area contributed by atoms with E-state index >= 15 is 0 Å². The molecule has 0 bridgehead atoms. The van der Waals surface area contributed by atoms with Crippen LogP contribution in [0.4, 0.5) is 4.79 Å². The van der Waals surface area contributed by atoms with Crippen molar-refractivity contribution in [3.63, 3.8) is 0 Å². The number of nitrogens with one attached hydrogen (secondary N) is 2. The van der Waals surface area contributed by atoms with Gasteiger partial charge in [-0.15, -0.1) is 0 Å². The van der Waals surface area contributed by atoms with Gasteiger partial charge in [-0.1, -0.05) is 0 Å². The van der Waals surface area contributed by atoms with Crippen LogP contribution in [0.25, 0.3) is 0 Å². The van der Waals surface area contributed by atoms with Gasteiger partial charge < -0.3 is 10.6 Å². The number of sulfone groups is 1. The molecule has 2 N–H and O–H groups in total. The highest BCUT2D eigenvalue weighted by molar-refractivity contribution is 7.92. The number of rotatable bonds is 4. The molecule has 0 saturated heterocycles. The Morgan fingerprint density at radius 3 is 2.14 bits per heavy atom. The predicted molar refractivity (Wildman–Crippen MR) is 56.0 cm³/mol. The molecule has 0 aromatic heterocycles. The first kappa shape index (κ1) is 13.2. The molecule has 2 amide bonds. The highest BCUT2D eigenvalue weighted by atomic mass is 32.2. The maximum absolute atomic E-state index is 11.3. The number of amides is 2. The SMILES string of the molecule is CCNC(=O)NCC(C)(C)S(C)(=O)=O. The number of carbonyl (C=O) groups is 1. The minimum Gasteiger partial charge on any atom is -0.338 e. The van der Waals surface area contributed by atoms with Crippen molar-refractivity contribution < 1.29 is 13.2 Å². The van der Waals surface area contributed by atoms with E-state index in [4.69, 9.17) is 0 Å². The Bertz CT molecular complexity index is 296. The molecule has 0 aliphatic carbocycles. The molecule has 5 nitrogen and oxygen atoms in total. The van der Waals surface area contributed by atoms with Gasteiger partial charge in [0, 0.05) is 19.3 Å². The van der Waals surface area contributed by atoms with E-state index in [2.05, 4.69) is 10.6 Å². The van der Waals surface area contributed by atoms with Crippen molar-refractivity contribution in [1.29, 1.82) is 0 Å². The molecule has 0 heterocycles. The second-order valence-corrected chi connectivity index (χ2v) is 6.39. The van der Waals surface area contributed by atoms with Crippen LogP contribution in [0.15, 0.2) is 0 Å². The van der Waals surface area contributed by atoms with Gasteiger partial charge in [0.25, 0.3) is 0 Å². The van der Waals surface area contributed by atoms with Gasteiger partial charge in [0.05, 0.1) is 4.75 Å². The summed E-state index contributed by atoms with van der Waals surface area (Å²) < 4.78 is 21.6. The molecular formula is C8H18N2O3S. The van der Waals surface area contributed by atoms with Gasteiger partial charge >= 0.3 is 6.03 Å². The zero-order chi connectivity index (χ0) is 11.4. The van der Waals surface area contributed by atoms with Crippen LogP contribution in [0.3, 0.4) is 0 Å². The highest BCUT2D eigenvalue weighted by Crippen LogP contribution is 2.12. The molecule has 0 unspecified atom stereocenters. The molecule has 0 aliphatic rings. The van der Waals surface area contributed by atoms with Crippen molar-refractivity contribution in [1.82, 2.24) is 10.6 Å². The smallest absolute Gasteiger partial charge is 0.314 e. The lowest BCUT2D eigenvalue weighted by atomic mass is 10.2. The van der Waals surface area contributed by atoms with E-state index in [9.17, 15) is 13.2 Å². The van der Waals surface area contributed by atoms with Gasteiger partial charge in [-0.3, -0.25) is 0 Å². The molecule has 0 aromatic carbocycles. The van der Waals surface area contributed by atoms with E-state index < -0.39 is 14.6 Å². The summed E-state index contributed by atoms with van der Waals surface area (Å²) in [6.45, 7) is 5.58. The van der Waals surface area contributed by atoms with E-state index in [1.165, 1.54) is 0 Å². The molecule has 84 valence electrons. The van der Waals surface area contributed by atoms with Crippen LogP contribution >= 0.6 is 0 Å². The third-order valence-electron chi connectivity index (χ3n) is 2.02. The van der Waals surface area contributed by atoms with Crippen molar-refractivity contribution in [3.05, 3.63) is 0 Å². The Hall–Kier alpha value is -0.780. The summed E-state index contributed by atoms with van der Waals surface area (Å²) in [7, 11) is -3.16. The first-order valence-electron chi connectivity index (χ1n) is 4.42.